The number of aromatic nitrogens is 2. The number of hydrogen-bond donors (Lipinski definition) is 0. The summed E-state index contributed by atoms with van der Waals surface area (Å²) in [6.07, 6.45) is 1.59. The van der Waals surface area contributed by atoms with E-state index >= 15 is 0 Å². The zero-order chi connectivity index (χ0) is 15.5. The van der Waals surface area contributed by atoms with Gasteiger partial charge in [0.2, 0.25) is 5.78 Å². The Morgan fingerprint density at radius 2 is 1.82 bits per heavy atom. The molecule has 0 spiro atoms. The fraction of sp³-hybridized carbons (Fsp3) is 0.0588. The van der Waals surface area contributed by atoms with Gasteiger partial charge < -0.3 is 0 Å². The minimum atomic E-state index is -0.248. The number of hydrogen-bond acceptors (Lipinski definition) is 3. The Bertz CT molecular complexity index is 812. The first-order chi connectivity index (χ1) is 10.6. The Hall–Kier alpha value is -2.40. The molecular formula is C17H13FN2OS. The number of benzene rings is 2. The van der Waals surface area contributed by atoms with Crippen molar-refractivity contribution < 1.29 is 9.18 Å². The van der Waals surface area contributed by atoms with Crippen LogP contribution in [0.25, 0.3) is 0 Å². The van der Waals surface area contributed by atoms with Crippen LogP contribution in [-0.2, 0) is 7.05 Å². The molecule has 110 valence electrons. The highest BCUT2D eigenvalue weighted by Crippen LogP contribution is 2.29. The minimum Gasteiger partial charge on any atom is -0.287 e. The third-order valence-electron chi connectivity index (χ3n) is 3.23. The van der Waals surface area contributed by atoms with Gasteiger partial charge in [0, 0.05) is 28.6 Å². The van der Waals surface area contributed by atoms with E-state index in [1.807, 2.05) is 12.1 Å². The molecule has 0 radical (unpaired) electrons. The molecule has 0 aliphatic carbocycles. The van der Waals surface area contributed by atoms with Crippen molar-refractivity contribution in [1.82, 2.24) is 9.78 Å². The van der Waals surface area contributed by atoms with Crippen molar-refractivity contribution in [2.45, 2.75) is 9.79 Å². The maximum absolute atomic E-state index is 13.6. The first kappa shape index (κ1) is 14.5. The second-order valence-corrected chi connectivity index (χ2v) is 5.84. The summed E-state index contributed by atoms with van der Waals surface area (Å²) in [5, 5.41) is 4.00. The molecule has 3 nitrogen and oxygen atoms in total. The van der Waals surface area contributed by atoms with Crippen molar-refractivity contribution in [2.75, 3.05) is 0 Å². The molecular weight excluding hydrogens is 299 g/mol. The minimum absolute atomic E-state index is 0.0811. The Kier molecular flexibility index (Phi) is 4.06. The van der Waals surface area contributed by atoms with Gasteiger partial charge in [0.15, 0.2) is 0 Å². The summed E-state index contributed by atoms with van der Waals surface area (Å²) >= 11 is 1.33. The van der Waals surface area contributed by atoms with Gasteiger partial charge in [0.25, 0.3) is 0 Å². The molecule has 0 aliphatic rings. The molecule has 0 saturated carbocycles. The molecule has 0 fully saturated rings. The van der Waals surface area contributed by atoms with Gasteiger partial charge in [-0.3, -0.25) is 9.48 Å². The van der Waals surface area contributed by atoms with Crippen LogP contribution in [0.1, 0.15) is 16.1 Å². The largest absolute Gasteiger partial charge is 0.287 e. The fourth-order valence-electron chi connectivity index (χ4n) is 2.07. The smallest absolute Gasteiger partial charge is 0.211 e. The molecule has 0 bridgehead atoms. The lowest BCUT2D eigenvalue weighted by atomic mass is 10.1. The van der Waals surface area contributed by atoms with E-state index in [1.165, 1.54) is 17.8 Å². The Morgan fingerprint density at radius 1 is 1.09 bits per heavy atom. The predicted octanol–water partition coefficient (Wildman–Crippen LogP) is 3.94. The van der Waals surface area contributed by atoms with Gasteiger partial charge in [0.1, 0.15) is 11.5 Å². The topological polar surface area (TPSA) is 34.9 Å². The van der Waals surface area contributed by atoms with Crippen LogP contribution < -0.4 is 0 Å². The van der Waals surface area contributed by atoms with Crippen molar-refractivity contribution in [3.63, 3.8) is 0 Å². The van der Waals surface area contributed by atoms with Gasteiger partial charge >= 0.3 is 0 Å². The highest BCUT2D eigenvalue weighted by Gasteiger charge is 2.12. The first-order valence-corrected chi connectivity index (χ1v) is 7.52. The Morgan fingerprint density at radius 3 is 2.45 bits per heavy atom. The van der Waals surface area contributed by atoms with Gasteiger partial charge in [-0.2, -0.15) is 5.10 Å². The summed E-state index contributed by atoms with van der Waals surface area (Å²) in [7, 11) is 1.73. The molecule has 0 unspecified atom stereocenters. The van der Waals surface area contributed by atoms with E-state index < -0.39 is 0 Å². The number of carbonyl (C=O) groups is 1. The summed E-state index contributed by atoms with van der Waals surface area (Å²) < 4.78 is 15.2. The van der Waals surface area contributed by atoms with Crippen molar-refractivity contribution in [3.8, 4) is 0 Å². The van der Waals surface area contributed by atoms with Gasteiger partial charge in [-0.05, 0) is 42.5 Å². The van der Waals surface area contributed by atoms with Crippen LogP contribution in [0.4, 0.5) is 4.39 Å². The van der Waals surface area contributed by atoms with Crippen molar-refractivity contribution in [2.24, 2.45) is 7.05 Å². The van der Waals surface area contributed by atoms with Crippen molar-refractivity contribution in [1.29, 1.82) is 0 Å². The number of carbonyl (C=O) groups excluding carboxylic acids is 1. The highest BCUT2D eigenvalue weighted by molar-refractivity contribution is 7.99. The standard InChI is InChI=1S/C17H13FN2OS/c1-20-15(10-11-19-20)17(21)12-6-8-13(9-7-12)22-16-5-3-2-4-14(16)18/h2-11H,1H3. The average Bonchev–Trinajstić information content (AvgIpc) is 2.96. The number of ketones is 1. The second-order valence-electron chi connectivity index (χ2n) is 4.73. The predicted molar refractivity (Wildman–Crippen MR) is 83.6 cm³/mol. The van der Waals surface area contributed by atoms with Crippen LogP contribution in [0, 0.1) is 5.82 Å². The second kappa shape index (κ2) is 6.15. The Balaban J connectivity index is 1.80. The van der Waals surface area contributed by atoms with Crippen LogP contribution in [0.15, 0.2) is 70.6 Å². The van der Waals surface area contributed by atoms with E-state index in [9.17, 15) is 9.18 Å². The molecule has 5 heteroatoms. The SMILES string of the molecule is Cn1nccc1C(=O)c1ccc(Sc2ccccc2F)cc1. The number of aryl methyl sites for hydroxylation is 1. The quantitative estimate of drug-likeness (QED) is 0.684. The fourth-order valence-corrected chi connectivity index (χ4v) is 2.91. The van der Waals surface area contributed by atoms with Crippen LogP contribution >= 0.6 is 11.8 Å². The van der Waals surface area contributed by atoms with Crippen molar-refractivity contribution in [3.05, 3.63) is 77.9 Å². The molecule has 22 heavy (non-hydrogen) atoms. The first-order valence-electron chi connectivity index (χ1n) is 6.70. The summed E-state index contributed by atoms with van der Waals surface area (Å²) in [6.45, 7) is 0. The van der Waals surface area contributed by atoms with E-state index in [2.05, 4.69) is 5.10 Å². The third kappa shape index (κ3) is 2.94. The Labute approximate surface area is 131 Å². The van der Waals surface area contributed by atoms with E-state index in [0.717, 1.165) is 4.90 Å². The molecule has 1 heterocycles. The number of halogens is 1. The summed E-state index contributed by atoms with van der Waals surface area (Å²) in [5.41, 5.74) is 1.12. The lowest BCUT2D eigenvalue weighted by Gasteiger charge is -2.05. The monoisotopic (exact) mass is 312 g/mol. The molecule has 0 atom stereocenters. The van der Waals surface area contributed by atoms with E-state index in [0.29, 0.717) is 16.2 Å². The van der Waals surface area contributed by atoms with E-state index in [4.69, 9.17) is 0 Å². The maximum Gasteiger partial charge on any atom is 0.211 e. The molecule has 2 aromatic carbocycles. The molecule has 3 rings (SSSR count). The molecule has 3 aromatic rings. The summed E-state index contributed by atoms with van der Waals surface area (Å²) in [6, 6.07) is 15.4. The van der Waals surface area contributed by atoms with E-state index in [1.54, 1.807) is 54.3 Å². The molecule has 0 amide bonds. The zero-order valence-corrected chi connectivity index (χ0v) is 12.7. The van der Waals surface area contributed by atoms with Gasteiger partial charge in [-0.1, -0.05) is 23.9 Å². The van der Waals surface area contributed by atoms with E-state index in [-0.39, 0.29) is 11.6 Å². The van der Waals surface area contributed by atoms with Gasteiger partial charge in [-0.25, -0.2) is 4.39 Å². The number of nitrogens with zero attached hydrogens (tertiary/aromatic N) is 2. The van der Waals surface area contributed by atoms with Crippen LogP contribution in [0.3, 0.4) is 0 Å². The molecule has 1 aromatic heterocycles. The van der Waals surface area contributed by atoms with Crippen LogP contribution in [0.2, 0.25) is 0 Å². The van der Waals surface area contributed by atoms with Crippen molar-refractivity contribution >= 4 is 17.5 Å². The lowest BCUT2D eigenvalue weighted by molar-refractivity contribution is 0.103. The number of rotatable bonds is 4. The third-order valence-corrected chi connectivity index (χ3v) is 4.29. The summed E-state index contributed by atoms with van der Waals surface area (Å²) in [5.74, 6) is -0.329. The van der Waals surface area contributed by atoms with Gasteiger partial charge in [0.05, 0.1) is 0 Å². The van der Waals surface area contributed by atoms with Crippen LogP contribution in [-0.4, -0.2) is 15.6 Å². The molecule has 0 N–H and O–H groups in total. The lowest BCUT2D eigenvalue weighted by Crippen LogP contribution is -2.07. The summed E-state index contributed by atoms with van der Waals surface area (Å²) in [4.78, 5) is 13.8. The normalized spacial score (nSPS) is 10.6. The molecule has 0 aliphatic heterocycles. The highest BCUT2D eigenvalue weighted by atomic mass is 32.2. The van der Waals surface area contributed by atoms with Gasteiger partial charge in [-0.15, -0.1) is 0 Å². The van der Waals surface area contributed by atoms with Crippen LogP contribution in [0.5, 0.6) is 0 Å². The molecule has 0 saturated heterocycles. The average molecular weight is 312 g/mol. The zero-order valence-electron chi connectivity index (χ0n) is 11.9. The maximum atomic E-state index is 13.6.